The van der Waals surface area contributed by atoms with Crippen molar-refractivity contribution >= 4 is 21.5 Å². The topological polar surface area (TPSA) is 88.6 Å². The molecule has 6 nitrogen and oxygen atoms in total. The summed E-state index contributed by atoms with van der Waals surface area (Å²) in [5.41, 5.74) is 4.83. The SMILES string of the molecule is C/C(=C/c1ccc2c(c1)C(C)(C)CCS2(=O)=O)c1ccc(-c2nn[nH]n2)cc1. The highest BCUT2D eigenvalue weighted by atomic mass is 32.2. The van der Waals surface area contributed by atoms with E-state index in [0.717, 1.165) is 27.8 Å². The molecule has 28 heavy (non-hydrogen) atoms. The maximum atomic E-state index is 12.4. The number of tetrazole rings is 1. The minimum Gasteiger partial charge on any atom is -0.224 e. The Hall–Kier alpha value is -2.80. The summed E-state index contributed by atoms with van der Waals surface area (Å²) in [6.07, 6.45) is 2.73. The minimum atomic E-state index is -3.18. The molecule has 0 amide bonds. The van der Waals surface area contributed by atoms with Crippen LogP contribution in [0, 0.1) is 0 Å². The fourth-order valence-electron chi connectivity index (χ4n) is 3.57. The summed E-state index contributed by atoms with van der Waals surface area (Å²) in [6, 6.07) is 13.6. The van der Waals surface area contributed by atoms with E-state index in [4.69, 9.17) is 0 Å². The highest BCUT2D eigenvalue weighted by molar-refractivity contribution is 7.91. The summed E-state index contributed by atoms with van der Waals surface area (Å²) in [5.74, 6) is 0.778. The van der Waals surface area contributed by atoms with Crippen LogP contribution in [-0.4, -0.2) is 34.8 Å². The first-order valence-electron chi connectivity index (χ1n) is 9.16. The van der Waals surface area contributed by atoms with E-state index in [1.54, 1.807) is 6.07 Å². The average molecular weight is 394 g/mol. The molecule has 7 heteroatoms. The highest BCUT2D eigenvalue weighted by Crippen LogP contribution is 2.39. The Morgan fingerprint density at radius 2 is 1.89 bits per heavy atom. The number of nitrogens with one attached hydrogen (secondary N) is 1. The van der Waals surface area contributed by atoms with Crippen LogP contribution in [0.3, 0.4) is 0 Å². The number of H-pyrrole nitrogens is 1. The molecule has 0 atom stereocenters. The smallest absolute Gasteiger partial charge is 0.204 e. The van der Waals surface area contributed by atoms with Crippen molar-refractivity contribution in [3.05, 3.63) is 59.2 Å². The molecule has 0 aliphatic carbocycles. The van der Waals surface area contributed by atoms with E-state index in [0.29, 0.717) is 17.1 Å². The molecule has 0 bridgehead atoms. The number of hydrogen-bond donors (Lipinski definition) is 1. The van der Waals surface area contributed by atoms with Crippen molar-refractivity contribution in [3.8, 4) is 11.4 Å². The van der Waals surface area contributed by atoms with E-state index in [1.165, 1.54) is 0 Å². The lowest BCUT2D eigenvalue weighted by Crippen LogP contribution is -2.30. The Labute approximate surface area is 164 Å². The van der Waals surface area contributed by atoms with Crippen molar-refractivity contribution in [3.63, 3.8) is 0 Å². The van der Waals surface area contributed by atoms with Crippen LogP contribution in [0.1, 0.15) is 43.9 Å². The van der Waals surface area contributed by atoms with Crippen LogP contribution in [0.4, 0.5) is 0 Å². The number of fused-ring (bicyclic) bond motifs is 1. The largest absolute Gasteiger partial charge is 0.224 e. The summed E-state index contributed by atoms with van der Waals surface area (Å²) in [6.45, 7) is 6.26. The number of nitrogens with zero attached hydrogens (tertiary/aromatic N) is 3. The number of benzene rings is 2. The number of aromatic amines is 1. The van der Waals surface area contributed by atoms with Crippen LogP contribution >= 0.6 is 0 Å². The molecule has 0 unspecified atom stereocenters. The maximum Gasteiger partial charge on any atom is 0.204 e. The number of hydrogen-bond acceptors (Lipinski definition) is 5. The second-order valence-corrected chi connectivity index (χ2v) is 9.93. The summed E-state index contributed by atoms with van der Waals surface area (Å²) in [4.78, 5) is 0.475. The van der Waals surface area contributed by atoms with Gasteiger partial charge in [-0.3, -0.25) is 0 Å². The van der Waals surface area contributed by atoms with Crippen molar-refractivity contribution in [2.45, 2.75) is 37.5 Å². The first-order valence-corrected chi connectivity index (χ1v) is 10.8. The standard InChI is InChI=1S/C21H22N4O2S/c1-14(16-5-7-17(8-6-16)20-22-24-25-23-20)12-15-4-9-19-18(13-15)21(2,3)10-11-28(19,26)27/h4-9,12-13H,10-11H2,1-3H3,(H,22,23,24,25)/b14-12-. The molecule has 0 saturated heterocycles. The zero-order valence-electron chi connectivity index (χ0n) is 16.1. The van der Waals surface area contributed by atoms with Crippen LogP contribution in [0.15, 0.2) is 47.4 Å². The van der Waals surface area contributed by atoms with Gasteiger partial charge in [-0.2, -0.15) is 5.21 Å². The van der Waals surface area contributed by atoms with E-state index in [9.17, 15) is 8.42 Å². The van der Waals surface area contributed by atoms with Crippen molar-refractivity contribution in [1.29, 1.82) is 0 Å². The van der Waals surface area contributed by atoms with Gasteiger partial charge >= 0.3 is 0 Å². The van der Waals surface area contributed by atoms with Gasteiger partial charge in [0.1, 0.15) is 0 Å². The van der Waals surface area contributed by atoms with Crippen LogP contribution in [-0.2, 0) is 15.3 Å². The molecule has 1 aliphatic rings. The van der Waals surface area contributed by atoms with Gasteiger partial charge in [0.15, 0.2) is 9.84 Å². The third kappa shape index (κ3) is 3.38. The van der Waals surface area contributed by atoms with Gasteiger partial charge in [0.05, 0.1) is 10.6 Å². The molecule has 1 aliphatic heterocycles. The maximum absolute atomic E-state index is 12.4. The van der Waals surface area contributed by atoms with Gasteiger partial charge in [0.25, 0.3) is 0 Å². The van der Waals surface area contributed by atoms with Crippen molar-refractivity contribution < 1.29 is 8.42 Å². The zero-order valence-corrected chi connectivity index (χ0v) is 16.9. The van der Waals surface area contributed by atoms with E-state index in [2.05, 4.69) is 40.5 Å². The summed E-state index contributed by atoms with van der Waals surface area (Å²) >= 11 is 0. The molecule has 0 spiro atoms. The molecular weight excluding hydrogens is 372 g/mol. The van der Waals surface area contributed by atoms with Gasteiger partial charge < -0.3 is 0 Å². The molecule has 0 saturated carbocycles. The normalized spacial score (nSPS) is 17.9. The molecular formula is C21H22N4O2S. The molecule has 2 aromatic carbocycles. The first-order chi connectivity index (χ1) is 13.3. The second-order valence-electron chi connectivity index (χ2n) is 7.85. The van der Waals surface area contributed by atoms with Crippen molar-refractivity contribution in [2.75, 3.05) is 5.75 Å². The lowest BCUT2D eigenvalue weighted by atomic mass is 9.81. The Morgan fingerprint density at radius 3 is 2.57 bits per heavy atom. The van der Waals surface area contributed by atoms with Crippen LogP contribution in [0.25, 0.3) is 23.0 Å². The van der Waals surface area contributed by atoms with Gasteiger partial charge in [-0.05, 0) is 58.4 Å². The van der Waals surface area contributed by atoms with Crippen LogP contribution < -0.4 is 0 Å². The van der Waals surface area contributed by atoms with Gasteiger partial charge in [-0.25, -0.2) is 8.42 Å². The Kier molecular flexibility index (Phi) is 4.42. The monoisotopic (exact) mass is 394 g/mol. The molecule has 0 radical (unpaired) electrons. The number of sulfone groups is 1. The number of aromatic nitrogens is 4. The lowest BCUT2D eigenvalue weighted by molar-refractivity contribution is 0.473. The second kappa shape index (κ2) is 6.67. The minimum absolute atomic E-state index is 0.148. The number of allylic oxidation sites excluding steroid dienone is 1. The quantitative estimate of drug-likeness (QED) is 0.681. The summed E-state index contributed by atoms with van der Waals surface area (Å²) in [5, 5.41) is 14.0. The van der Waals surface area contributed by atoms with E-state index >= 15 is 0 Å². The fraction of sp³-hybridized carbons (Fsp3) is 0.286. The predicted molar refractivity (Wildman–Crippen MR) is 109 cm³/mol. The van der Waals surface area contributed by atoms with Gasteiger partial charge in [-0.15, -0.1) is 10.2 Å². The Bertz CT molecular complexity index is 1150. The van der Waals surface area contributed by atoms with Crippen LogP contribution in [0.2, 0.25) is 0 Å². The number of rotatable bonds is 3. The predicted octanol–water partition coefficient (Wildman–Crippen LogP) is 3.88. The van der Waals surface area contributed by atoms with Gasteiger partial charge in [0.2, 0.25) is 5.82 Å². The van der Waals surface area contributed by atoms with E-state index in [-0.39, 0.29) is 11.2 Å². The Morgan fingerprint density at radius 1 is 1.14 bits per heavy atom. The van der Waals surface area contributed by atoms with Crippen LogP contribution in [0.5, 0.6) is 0 Å². The fourth-order valence-corrected chi connectivity index (χ4v) is 5.52. The molecule has 144 valence electrons. The first kappa shape index (κ1) is 18.6. The molecule has 0 fully saturated rings. The molecule has 1 N–H and O–H groups in total. The molecule has 3 aromatic rings. The lowest BCUT2D eigenvalue weighted by Gasteiger charge is -2.32. The van der Waals surface area contributed by atoms with Crippen molar-refractivity contribution in [2.24, 2.45) is 0 Å². The molecule has 2 heterocycles. The van der Waals surface area contributed by atoms with E-state index in [1.807, 2.05) is 43.3 Å². The third-order valence-corrected chi connectivity index (χ3v) is 7.16. The van der Waals surface area contributed by atoms with Crippen molar-refractivity contribution in [1.82, 2.24) is 20.6 Å². The molecule has 1 aromatic heterocycles. The van der Waals surface area contributed by atoms with Gasteiger partial charge in [-0.1, -0.05) is 50.3 Å². The average Bonchev–Trinajstić information content (AvgIpc) is 3.20. The third-order valence-electron chi connectivity index (χ3n) is 5.39. The van der Waals surface area contributed by atoms with E-state index < -0.39 is 9.84 Å². The zero-order chi connectivity index (χ0) is 19.9. The molecule has 4 rings (SSSR count). The van der Waals surface area contributed by atoms with Gasteiger partial charge in [0, 0.05) is 5.56 Å². The summed E-state index contributed by atoms with van der Waals surface area (Å²) < 4.78 is 24.8. The highest BCUT2D eigenvalue weighted by Gasteiger charge is 2.35. The Balaban J connectivity index is 1.67. The summed E-state index contributed by atoms with van der Waals surface area (Å²) in [7, 11) is -3.18.